The molecule has 1 fully saturated rings. The highest BCUT2D eigenvalue weighted by molar-refractivity contribution is 5.79. The molecule has 4 rings (SSSR count). The second-order valence-electron chi connectivity index (χ2n) is 7.04. The number of aromatic nitrogens is 6. The number of hydrogen-bond acceptors (Lipinski definition) is 6. The molecule has 0 N–H and O–H groups in total. The fourth-order valence-electron chi connectivity index (χ4n) is 3.61. The minimum Gasteiger partial charge on any atom is -0.339 e. The van der Waals surface area contributed by atoms with E-state index in [2.05, 4.69) is 25.5 Å². The van der Waals surface area contributed by atoms with Gasteiger partial charge < -0.3 is 9.80 Å². The summed E-state index contributed by atoms with van der Waals surface area (Å²) in [6, 6.07) is 9.82. The highest BCUT2D eigenvalue weighted by Crippen LogP contribution is 2.18. The molecule has 9 heteroatoms. The zero-order valence-corrected chi connectivity index (χ0v) is 16.4. The monoisotopic (exact) mass is 380 g/mol. The summed E-state index contributed by atoms with van der Waals surface area (Å²) in [5.41, 5.74) is 3.92. The quantitative estimate of drug-likeness (QED) is 0.669. The molecule has 0 aliphatic carbocycles. The summed E-state index contributed by atoms with van der Waals surface area (Å²) < 4.78 is 3.57. The predicted molar refractivity (Wildman–Crippen MR) is 104 cm³/mol. The number of anilines is 1. The van der Waals surface area contributed by atoms with Crippen LogP contribution in [0.3, 0.4) is 0 Å². The van der Waals surface area contributed by atoms with Gasteiger partial charge in [-0.15, -0.1) is 0 Å². The van der Waals surface area contributed by atoms with Crippen molar-refractivity contribution < 1.29 is 4.79 Å². The molecule has 1 aliphatic rings. The van der Waals surface area contributed by atoms with Gasteiger partial charge in [0, 0.05) is 44.5 Å². The van der Waals surface area contributed by atoms with E-state index >= 15 is 0 Å². The number of para-hydroxylation sites is 1. The van der Waals surface area contributed by atoms with Crippen LogP contribution in [0.25, 0.3) is 5.69 Å². The van der Waals surface area contributed by atoms with E-state index in [1.54, 1.807) is 4.68 Å². The molecule has 0 atom stereocenters. The second kappa shape index (κ2) is 7.41. The predicted octanol–water partition coefficient (Wildman–Crippen LogP) is 0.904. The molecule has 28 heavy (non-hydrogen) atoms. The van der Waals surface area contributed by atoms with Crippen LogP contribution in [0.2, 0.25) is 0 Å². The highest BCUT2D eigenvalue weighted by Gasteiger charge is 2.26. The molecule has 9 nitrogen and oxygen atoms in total. The lowest BCUT2D eigenvalue weighted by molar-refractivity contribution is -0.130. The van der Waals surface area contributed by atoms with E-state index in [4.69, 9.17) is 0 Å². The summed E-state index contributed by atoms with van der Waals surface area (Å²) in [4.78, 5) is 16.8. The van der Waals surface area contributed by atoms with Crippen molar-refractivity contribution in [1.29, 1.82) is 0 Å². The third-order valence-electron chi connectivity index (χ3n) is 5.36. The Bertz CT molecular complexity index is 969. The lowest BCUT2D eigenvalue weighted by atomic mass is 10.1. The van der Waals surface area contributed by atoms with Crippen LogP contribution < -0.4 is 4.90 Å². The van der Waals surface area contributed by atoms with Crippen molar-refractivity contribution >= 4 is 11.9 Å². The summed E-state index contributed by atoms with van der Waals surface area (Å²) in [6.07, 6.45) is 0.396. The lowest BCUT2D eigenvalue weighted by Gasteiger charge is -2.34. The number of benzene rings is 1. The first-order valence-electron chi connectivity index (χ1n) is 9.40. The smallest absolute Gasteiger partial charge is 0.250 e. The topological polar surface area (TPSA) is 85.0 Å². The van der Waals surface area contributed by atoms with Gasteiger partial charge >= 0.3 is 0 Å². The van der Waals surface area contributed by atoms with Crippen molar-refractivity contribution in [1.82, 2.24) is 34.9 Å². The average Bonchev–Trinajstić information content (AvgIpc) is 3.29. The van der Waals surface area contributed by atoms with Crippen LogP contribution in [0.4, 0.5) is 5.95 Å². The molecule has 146 valence electrons. The highest BCUT2D eigenvalue weighted by atomic mass is 16.2. The first-order valence-corrected chi connectivity index (χ1v) is 9.40. The average molecular weight is 380 g/mol. The largest absolute Gasteiger partial charge is 0.339 e. The van der Waals surface area contributed by atoms with Crippen LogP contribution in [0, 0.1) is 13.8 Å². The van der Waals surface area contributed by atoms with Gasteiger partial charge in [-0.3, -0.25) is 9.48 Å². The molecule has 3 heterocycles. The third-order valence-corrected chi connectivity index (χ3v) is 5.36. The Morgan fingerprint density at radius 3 is 2.43 bits per heavy atom. The molecule has 1 amide bonds. The molecular formula is C19H24N8O. The zero-order valence-electron chi connectivity index (χ0n) is 16.4. The normalized spacial score (nSPS) is 14.5. The summed E-state index contributed by atoms with van der Waals surface area (Å²) in [5, 5.41) is 16.6. The van der Waals surface area contributed by atoms with Crippen LogP contribution in [-0.4, -0.2) is 67.0 Å². The van der Waals surface area contributed by atoms with Crippen molar-refractivity contribution in [3.8, 4) is 5.69 Å². The van der Waals surface area contributed by atoms with Gasteiger partial charge in [0.15, 0.2) is 0 Å². The van der Waals surface area contributed by atoms with E-state index in [1.807, 2.05) is 60.8 Å². The fraction of sp³-hybridized carbons (Fsp3) is 0.421. The molecule has 0 spiro atoms. The van der Waals surface area contributed by atoms with Gasteiger partial charge in [-0.05, 0) is 36.4 Å². The van der Waals surface area contributed by atoms with E-state index < -0.39 is 0 Å². The molecular weight excluding hydrogens is 356 g/mol. The maximum Gasteiger partial charge on any atom is 0.250 e. The van der Waals surface area contributed by atoms with Gasteiger partial charge in [0.2, 0.25) is 11.9 Å². The maximum absolute atomic E-state index is 12.8. The second-order valence-corrected chi connectivity index (χ2v) is 7.04. The molecule has 2 aromatic heterocycles. The van der Waals surface area contributed by atoms with Gasteiger partial charge in [-0.25, -0.2) is 0 Å². The Hall–Kier alpha value is -3.23. The van der Waals surface area contributed by atoms with Crippen LogP contribution in [0.5, 0.6) is 0 Å². The number of hydrogen-bond donors (Lipinski definition) is 0. The molecule has 1 saturated heterocycles. The van der Waals surface area contributed by atoms with Crippen LogP contribution in [0.1, 0.15) is 17.0 Å². The molecule has 1 aromatic carbocycles. The van der Waals surface area contributed by atoms with E-state index in [-0.39, 0.29) is 5.91 Å². The number of amides is 1. The zero-order chi connectivity index (χ0) is 19.7. The number of piperazine rings is 1. The Morgan fingerprint density at radius 1 is 1.07 bits per heavy atom. The molecule has 0 unspecified atom stereocenters. The number of carbonyl (C=O) groups excluding carboxylic acids is 1. The lowest BCUT2D eigenvalue weighted by Crippen LogP contribution is -2.50. The fourth-order valence-corrected chi connectivity index (χ4v) is 3.61. The summed E-state index contributed by atoms with van der Waals surface area (Å²) in [5.74, 6) is 0.846. The van der Waals surface area contributed by atoms with Crippen molar-refractivity contribution in [3.63, 3.8) is 0 Å². The number of nitrogens with zero attached hydrogens (tertiary/aromatic N) is 8. The van der Waals surface area contributed by atoms with E-state index in [1.165, 1.54) is 0 Å². The van der Waals surface area contributed by atoms with E-state index in [0.29, 0.717) is 38.5 Å². The first-order chi connectivity index (χ1) is 13.5. The third kappa shape index (κ3) is 3.35. The number of rotatable bonds is 4. The van der Waals surface area contributed by atoms with Crippen LogP contribution in [0.15, 0.2) is 30.3 Å². The van der Waals surface area contributed by atoms with E-state index in [0.717, 1.165) is 22.6 Å². The number of carbonyl (C=O) groups is 1. The number of aryl methyl sites for hydroxylation is 2. The van der Waals surface area contributed by atoms with Gasteiger partial charge in [0.05, 0.1) is 17.8 Å². The Balaban J connectivity index is 1.42. The van der Waals surface area contributed by atoms with E-state index in [9.17, 15) is 4.79 Å². The first kappa shape index (κ1) is 18.1. The van der Waals surface area contributed by atoms with Crippen LogP contribution >= 0.6 is 0 Å². The summed E-state index contributed by atoms with van der Waals surface area (Å²) >= 11 is 0. The minimum atomic E-state index is 0.140. The molecule has 0 radical (unpaired) electrons. The van der Waals surface area contributed by atoms with Crippen molar-refractivity contribution in [2.45, 2.75) is 20.3 Å². The van der Waals surface area contributed by atoms with Gasteiger partial charge in [-0.1, -0.05) is 23.3 Å². The van der Waals surface area contributed by atoms with Crippen molar-refractivity contribution in [2.24, 2.45) is 7.05 Å². The Kier molecular flexibility index (Phi) is 4.81. The van der Waals surface area contributed by atoms with Crippen LogP contribution in [-0.2, 0) is 18.3 Å². The summed E-state index contributed by atoms with van der Waals surface area (Å²) in [6.45, 7) is 6.66. The van der Waals surface area contributed by atoms with Gasteiger partial charge in [0.25, 0.3) is 0 Å². The van der Waals surface area contributed by atoms with Crippen molar-refractivity contribution in [3.05, 3.63) is 47.3 Å². The van der Waals surface area contributed by atoms with Gasteiger partial charge in [-0.2, -0.15) is 9.78 Å². The maximum atomic E-state index is 12.8. The minimum absolute atomic E-state index is 0.140. The molecule has 3 aromatic rings. The summed E-state index contributed by atoms with van der Waals surface area (Å²) in [7, 11) is 1.91. The SMILES string of the molecule is Cc1nn(C)c(C)c1CC(=O)N1CCN(c2nnnn2-c2ccccc2)CC1. The standard InChI is InChI=1S/C19H24N8O/c1-14-17(15(2)24(3)21-14)13-18(28)25-9-11-26(12-10-25)19-20-22-23-27(19)16-7-5-4-6-8-16/h4-8H,9-13H2,1-3H3. The number of tetrazole rings is 1. The molecule has 0 bridgehead atoms. The van der Waals surface area contributed by atoms with Gasteiger partial charge in [0.1, 0.15) is 0 Å². The van der Waals surface area contributed by atoms with Crippen molar-refractivity contribution in [2.75, 3.05) is 31.1 Å². The Labute approximate surface area is 163 Å². The molecule has 0 saturated carbocycles. The Morgan fingerprint density at radius 2 is 1.79 bits per heavy atom. The molecule has 1 aliphatic heterocycles.